The number of carbonyl (C=O) groups excluding carboxylic acids is 1. The molecule has 2 aromatic rings. The van der Waals surface area contributed by atoms with E-state index >= 15 is 0 Å². The van der Waals surface area contributed by atoms with Gasteiger partial charge in [0.15, 0.2) is 0 Å². The second-order valence-electron chi connectivity index (χ2n) is 9.01. The minimum atomic E-state index is -1.48. The van der Waals surface area contributed by atoms with E-state index in [1.54, 1.807) is 24.3 Å². The molecule has 0 saturated carbocycles. The minimum absolute atomic E-state index is 0.0799. The number of hydrogen-bond donors (Lipinski definition) is 6. The SMILES string of the molecule is O=C(O)CCC(NC(=O)NC(Cc1ccc(OCCOCCOCCn2cc(CCCF)[nH]2)cc1)C(=O)O)C(=O)O. The number of aromatic amines is 1. The number of carbonyl (C=O) groups is 4. The van der Waals surface area contributed by atoms with Crippen molar-refractivity contribution in [2.45, 2.75) is 50.7 Å². The number of nitrogens with zero attached hydrogens (tertiary/aromatic N) is 1. The fraction of sp³-hybridized carbons (Fsp3) is 0.538. The summed E-state index contributed by atoms with van der Waals surface area (Å²) in [4.78, 5) is 45.6. The number of amides is 2. The van der Waals surface area contributed by atoms with Crippen molar-refractivity contribution < 1.29 is 53.1 Å². The van der Waals surface area contributed by atoms with Crippen LogP contribution in [0.5, 0.6) is 5.75 Å². The summed E-state index contributed by atoms with van der Waals surface area (Å²) in [5.41, 5.74) is 1.60. The monoisotopic (exact) mass is 584 g/mol. The van der Waals surface area contributed by atoms with Gasteiger partial charge in [0, 0.05) is 24.7 Å². The number of urea groups is 1. The quantitative estimate of drug-likeness (QED) is 0.110. The van der Waals surface area contributed by atoms with E-state index in [1.165, 1.54) is 0 Å². The maximum absolute atomic E-state index is 12.1. The van der Waals surface area contributed by atoms with Crippen LogP contribution in [0.1, 0.15) is 30.5 Å². The zero-order chi connectivity index (χ0) is 30.0. The van der Waals surface area contributed by atoms with Crippen molar-refractivity contribution in [1.29, 1.82) is 0 Å². The third kappa shape index (κ3) is 13.7. The Bertz CT molecular complexity index is 1080. The van der Waals surface area contributed by atoms with E-state index in [1.807, 2.05) is 10.9 Å². The number of aryl methyl sites for hydroxylation is 1. The normalized spacial score (nSPS) is 12.4. The van der Waals surface area contributed by atoms with Crippen LogP contribution in [0.2, 0.25) is 0 Å². The van der Waals surface area contributed by atoms with Gasteiger partial charge in [-0.1, -0.05) is 12.1 Å². The highest BCUT2D eigenvalue weighted by Crippen LogP contribution is 2.14. The molecule has 0 fully saturated rings. The molecular formula is C26H37FN4O10. The molecule has 1 aromatic heterocycles. The fourth-order valence-corrected chi connectivity index (χ4v) is 3.61. The third-order valence-electron chi connectivity index (χ3n) is 5.74. The number of hydrogen-bond acceptors (Lipinski definition) is 7. The summed E-state index contributed by atoms with van der Waals surface area (Å²) in [5.74, 6) is -3.44. The number of ether oxygens (including phenoxy) is 3. The lowest BCUT2D eigenvalue weighted by atomic mass is 10.1. The van der Waals surface area contributed by atoms with Crippen LogP contribution in [0, 0.1) is 0 Å². The second-order valence-corrected chi connectivity index (χ2v) is 9.01. The molecule has 14 nitrogen and oxygen atoms in total. The van der Waals surface area contributed by atoms with Gasteiger partial charge in [0.05, 0.1) is 39.6 Å². The van der Waals surface area contributed by atoms with Crippen LogP contribution < -0.4 is 15.4 Å². The van der Waals surface area contributed by atoms with Gasteiger partial charge in [0.1, 0.15) is 24.4 Å². The Labute approximate surface area is 235 Å². The van der Waals surface area contributed by atoms with E-state index in [-0.39, 0.29) is 26.1 Å². The zero-order valence-electron chi connectivity index (χ0n) is 22.6. The number of benzene rings is 1. The first-order chi connectivity index (χ1) is 19.7. The van der Waals surface area contributed by atoms with Crippen LogP contribution in [0.3, 0.4) is 0 Å². The number of aromatic nitrogens is 2. The van der Waals surface area contributed by atoms with Gasteiger partial charge in [-0.15, -0.1) is 0 Å². The highest BCUT2D eigenvalue weighted by molar-refractivity contribution is 5.86. The van der Waals surface area contributed by atoms with Crippen molar-refractivity contribution in [2.75, 3.05) is 39.7 Å². The van der Waals surface area contributed by atoms with Crippen LogP contribution in [-0.2, 0) is 43.2 Å². The van der Waals surface area contributed by atoms with Crippen LogP contribution in [-0.4, -0.2) is 101 Å². The molecule has 2 amide bonds. The van der Waals surface area contributed by atoms with Gasteiger partial charge in [-0.3, -0.25) is 13.9 Å². The molecule has 0 radical (unpaired) electrons. The molecule has 6 N–H and O–H groups in total. The Hall–Kier alpha value is -4.11. The molecule has 0 aliphatic heterocycles. The van der Waals surface area contributed by atoms with Gasteiger partial charge in [0.25, 0.3) is 0 Å². The molecule has 0 saturated heterocycles. The zero-order valence-corrected chi connectivity index (χ0v) is 22.6. The minimum Gasteiger partial charge on any atom is -0.491 e. The van der Waals surface area contributed by atoms with Crippen molar-refractivity contribution in [2.24, 2.45) is 0 Å². The van der Waals surface area contributed by atoms with E-state index < -0.39 is 42.4 Å². The molecule has 15 heteroatoms. The first-order valence-corrected chi connectivity index (χ1v) is 13.1. The number of carboxylic acid groups (broad SMARTS) is 3. The number of carboxylic acids is 3. The largest absolute Gasteiger partial charge is 0.491 e. The smallest absolute Gasteiger partial charge is 0.326 e. The molecule has 0 aliphatic carbocycles. The Kier molecular flexibility index (Phi) is 14.8. The van der Waals surface area contributed by atoms with Gasteiger partial charge < -0.3 is 45.3 Å². The van der Waals surface area contributed by atoms with E-state index in [0.29, 0.717) is 57.1 Å². The molecular weight excluding hydrogens is 547 g/mol. The second kappa shape index (κ2) is 18.3. The number of alkyl halides is 1. The van der Waals surface area contributed by atoms with E-state index in [0.717, 1.165) is 5.69 Å². The lowest BCUT2D eigenvalue weighted by Gasteiger charge is -2.18. The maximum atomic E-state index is 12.1. The fourth-order valence-electron chi connectivity index (χ4n) is 3.61. The van der Waals surface area contributed by atoms with Crippen LogP contribution in [0.4, 0.5) is 9.18 Å². The van der Waals surface area contributed by atoms with Crippen molar-refractivity contribution in [1.82, 2.24) is 20.4 Å². The summed E-state index contributed by atoms with van der Waals surface area (Å²) < 4.78 is 30.6. The molecule has 0 spiro atoms. The summed E-state index contributed by atoms with van der Waals surface area (Å²) in [6.07, 6.45) is 2.25. The van der Waals surface area contributed by atoms with Crippen molar-refractivity contribution in [3.63, 3.8) is 0 Å². The lowest BCUT2D eigenvalue weighted by Crippen LogP contribution is -2.51. The summed E-state index contributed by atoms with van der Waals surface area (Å²) in [6.45, 7) is 2.32. The van der Waals surface area contributed by atoms with Gasteiger partial charge >= 0.3 is 23.9 Å². The summed E-state index contributed by atoms with van der Waals surface area (Å²) in [7, 11) is 0. The summed E-state index contributed by atoms with van der Waals surface area (Å²) >= 11 is 0. The average Bonchev–Trinajstić information content (AvgIpc) is 2.90. The number of rotatable bonds is 22. The van der Waals surface area contributed by atoms with Crippen LogP contribution in [0.25, 0.3) is 0 Å². The Morgan fingerprint density at radius 1 is 0.902 bits per heavy atom. The van der Waals surface area contributed by atoms with E-state index in [4.69, 9.17) is 24.4 Å². The summed E-state index contributed by atoms with van der Waals surface area (Å²) in [6, 6.07) is 2.70. The van der Waals surface area contributed by atoms with Crippen molar-refractivity contribution in [3.05, 3.63) is 41.7 Å². The molecule has 41 heavy (non-hydrogen) atoms. The third-order valence-corrected chi connectivity index (χ3v) is 5.74. The van der Waals surface area contributed by atoms with Crippen molar-refractivity contribution >= 4 is 23.9 Å². The molecule has 0 aliphatic rings. The maximum Gasteiger partial charge on any atom is 0.326 e. The molecule has 1 heterocycles. The van der Waals surface area contributed by atoms with E-state index in [9.17, 15) is 28.7 Å². The number of halogens is 1. The Morgan fingerprint density at radius 2 is 1.51 bits per heavy atom. The first-order valence-electron chi connectivity index (χ1n) is 13.1. The highest BCUT2D eigenvalue weighted by Gasteiger charge is 2.25. The molecule has 2 rings (SSSR count). The van der Waals surface area contributed by atoms with Crippen LogP contribution in [0.15, 0.2) is 30.5 Å². The van der Waals surface area contributed by atoms with E-state index in [2.05, 4.69) is 15.7 Å². The lowest BCUT2D eigenvalue weighted by molar-refractivity contribution is -0.140. The van der Waals surface area contributed by atoms with Gasteiger partial charge in [-0.2, -0.15) is 0 Å². The Morgan fingerprint density at radius 3 is 2.12 bits per heavy atom. The predicted octanol–water partition coefficient (Wildman–Crippen LogP) is 1.44. The number of H-pyrrole nitrogens is 1. The Balaban J connectivity index is 1.61. The molecule has 2 atom stereocenters. The molecule has 2 unspecified atom stereocenters. The molecule has 228 valence electrons. The van der Waals surface area contributed by atoms with Crippen LogP contribution >= 0.6 is 0 Å². The standard InChI is InChI=1S/C26H37FN4O10/c27-9-1-2-19-17-31(30-19)10-11-39-12-13-40-14-15-41-20-5-3-18(4-6-20)16-22(25(36)37)29-26(38)28-21(24(34)35)7-8-23(32)33/h3-6,17,21-22,30H,1-2,7-16H2,(H,32,33)(H,34,35)(H,36,37)(H2,28,29,38). The predicted molar refractivity (Wildman–Crippen MR) is 142 cm³/mol. The topological polar surface area (TPSA) is 201 Å². The van der Waals surface area contributed by atoms with Gasteiger partial charge in [-0.05, 0) is 37.0 Å². The van der Waals surface area contributed by atoms with Gasteiger partial charge in [0.2, 0.25) is 0 Å². The molecule has 0 bridgehead atoms. The first kappa shape index (κ1) is 33.1. The number of aliphatic carboxylic acids is 3. The molecule has 1 aromatic carbocycles. The van der Waals surface area contributed by atoms with Crippen molar-refractivity contribution in [3.8, 4) is 5.75 Å². The average molecular weight is 585 g/mol. The summed E-state index contributed by atoms with van der Waals surface area (Å²) in [5, 5.41) is 34.7. The van der Waals surface area contributed by atoms with Gasteiger partial charge in [-0.25, -0.2) is 14.4 Å². The highest BCUT2D eigenvalue weighted by atomic mass is 19.1. The number of nitrogens with one attached hydrogen (secondary N) is 3.